The van der Waals surface area contributed by atoms with Gasteiger partial charge in [-0.05, 0) is 31.0 Å². The van der Waals surface area contributed by atoms with Crippen LogP contribution >= 0.6 is 0 Å². The highest BCUT2D eigenvalue weighted by Crippen LogP contribution is 2.24. The van der Waals surface area contributed by atoms with E-state index in [1.807, 2.05) is 0 Å². The van der Waals surface area contributed by atoms with Crippen LogP contribution in [0.25, 0.3) is 0 Å². The summed E-state index contributed by atoms with van der Waals surface area (Å²) in [5.41, 5.74) is 2.06. The van der Waals surface area contributed by atoms with Crippen molar-refractivity contribution < 1.29 is 19.1 Å². The Kier molecular flexibility index (Phi) is 2.76. The summed E-state index contributed by atoms with van der Waals surface area (Å²) >= 11 is 0. The summed E-state index contributed by atoms with van der Waals surface area (Å²) < 4.78 is 10.2. The van der Waals surface area contributed by atoms with E-state index in [9.17, 15) is 9.59 Å². The number of esters is 1. The maximum Gasteiger partial charge on any atom is 0.338 e. The molecule has 5 nitrogen and oxygen atoms in total. The summed E-state index contributed by atoms with van der Waals surface area (Å²) in [5.74, 6) is -0.431. The van der Waals surface area contributed by atoms with Gasteiger partial charge in [-0.15, -0.1) is 0 Å². The van der Waals surface area contributed by atoms with Crippen molar-refractivity contribution in [1.82, 2.24) is 0 Å². The van der Waals surface area contributed by atoms with Crippen LogP contribution in [-0.2, 0) is 20.9 Å². The fraction of sp³-hybridized carbons (Fsp3) is 0.385. The zero-order valence-corrected chi connectivity index (χ0v) is 9.77. The van der Waals surface area contributed by atoms with Gasteiger partial charge in [0, 0.05) is 17.9 Å². The molecule has 0 spiro atoms. The number of nitrogens with one attached hydrogen (secondary N) is 1. The Hall–Kier alpha value is -1.88. The first kappa shape index (κ1) is 11.2. The molecule has 1 saturated heterocycles. The maximum absolute atomic E-state index is 11.8. The van der Waals surface area contributed by atoms with Gasteiger partial charge in [0.2, 0.25) is 0 Å². The lowest BCUT2D eigenvalue weighted by Crippen LogP contribution is -2.26. The molecule has 18 heavy (non-hydrogen) atoms. The summed E-state index contributed by atoms with van der Waals surface area (Å²) in [6.45, 7) is 0.919. The molecule has 1 atom stereocenters. The number of benzene rings is 1. The van der Waals surface area contributed by atoms with Gasteiger partial charge in [0.15, 0.2) is 0 Å². The van der Waals surface area contributed by atoms with E-state index in [0.29, 0.717) is 17.9 Å². The number of ether oxygens (including phenoxy) is 2. The lowest BCUT2D eigenvalue weighted by atomic mass is 10.1. The van der Waals surface area contributed by atoms with Crippen LogP contribution in [0.1, 0.15) is 28.8 Å². The van der Waals surface area contributed by atoms with E-state index < -0.39 is 0 Å². The van der Waals surface area contributed by atoms with Crippen molar-refractivity contribution in [2.45, 2.75) is 25.6 Å². The first-order chi connectivity index (χ1) is 8.74. The van der Waals surface area contributed by atoms with Crippen molar-refractivity contribution in [2.24, 2.45) is 0 Å². The minimum Gasteiger partial charge on any atom is -0.457 e. The number of cyclic esters (lactones) is 1. The molecular weight excluding hydrogens is 234 g/mol. The Morgan fingerprint density at radius 2 is 2.28 bits per heavy atom. The van der Waals surface area contributed by atoms with Crippen LogP contribution in [0, 0.1) is 0 Å². The van der Waals surface area contributed by atoms with Gasteiger partial charge in [0.25, 0.3) is 5.91 Å². The summed E-state index contributed by atoms with van der Waals surface area (Å²) in [6.07, 6.45) is 1.33. The third-order valence-corrected chi connectivity index (χ3v) is 3.17. The van der Waals surface area contributed by atoms with Gasteiger partial charge in [-0.2, -0.15) is 0 Å². The molecule has 1 N–H and O–H groups in total. The number of anilines is 1. The van der Waals surface area contributed by atoms with Gasteiger partial charge >= 0.3 is 5.97 Å². The van der Waals surface area contributed by atoms with Gasteiger partial charge in [-0.25, -0.2) is 4.79 Å². The largest absolute Gasteiger partial charge is 0.457 e. The van der Waals surface area contributed by atoms with Crippen molar-refractivity contribution >= 4 is 17.6 Å². The molecule has 0 saturated carbocycles. The number of carbonyl (C=O) groups excluding carboxylic acids is 2. The molecule has 3 rings (SSSR count). The normalized spacial score (nSPS) is 21.6. The van der Waals surface area contributed by atoms with E-state index in [1.165, 1.54) is 0 Å². The molecule has 2 aliphatic heterocycles. The molecule has 0 radical (unpaired) electrons. The minimum absolute atomic E-state index is 0.127. The van der Waals surface area contributed by atoms with Gasteiger partial charge in [-0.3, -0.25) is 4.79 Å². The Morgan fingerprint density at radius 1 is 1.39 bits per heavy atom. The SMILES string of the molecule is O=C1OCc2cc(NC(=O)[C@@H]3CCCO3)ccc21. The van der Waals surface area contributed by atoms with Gasteiger partial charge in [0.1, 0.15) is 12.7 Å². The second kappa shape index (κ2) is 4.42. The number of hydrogen-bond donors (Lipinski definition) is 1. The highest BCUT2D eigenvalue weighted by atomic mass is 16.5. The summed E-state index contributed by atoms with van der Waals surface area (Å²) in [6, 6.07) is 5.15. The number of rotatable bonds is 2. The van der Waals surface area contributed by atoms with Gasteiger partial charge < -0.3 is 14.8 Å². The average molecular weight is 247 g/mol. The van der Waals surface area contributed by atoms with E-state index in [-0.39, 0.29) is 24.6 Å². The molecule has 94 valence electrons. The smallest absolute Gasteiger partial charge is 0.338 e. The van der Waals surface area contributed by atoms with Crippen LogP contribution < -0.4 is 5.32 Å². The van der Waals surface area contributed by atoms with Gasteiger partial charge in [-0.1, -0.05) is 0 Å². The molecule has 5 heteroatoms. The van der Waals surface area contributed by atoms with Gasteiger partial charge in [0.05, 0.1) is 5.56 Å². The third kappa shape index (κ3) is 1.97. The second-order valence-electron chi connectivity index (χ2n) is 4.44. The maximum atomic E-state index is 11.8. The predicted octanol–water partition coefficient (Wildman–Crippen LogP) is 1.47. The first-order valence-corrected chi connectivity index (χ1v) is 5.96. The fourth-order valence-corrected chi connectivity index (χ4v) is 2.22. The molecule has 2 heterocycles. The Morgan fingerprint density at radius 3 is 3.06 bits per heavy atom. The lowest BCUT2D eigenvalue weighted by molar-refractivity contribution is -0.124. The van der Waals surface area contributed by atoms with Crippen molar-refractivity contribution in [3.8, 4) is 0 Å². The summed E-state index contributed by atoms with van der Waals surface area (Å²) in [5, 5.41) is 2.80. The Balaban J connectivity index is 1.73. The molecule has 1 fully saturated rings. The second-order valence-corrected chi connectivity index (χ2v) is 4.44. The third-order valence-electron chi connectivity index (χ3n) is 3.17. The zero-order chi connectivity index (χ0) is 12.5. The number of amides is 1. The van der Waals surface area contributed by atoms with Crippen LogP contribution in [0.5, 0.6) is 0 Å². The molecule has 2 aliphatic rings. The Bertz CT molecular complexity index is 506. The molecule has 0 bridgehead atoms. The fourth-order valence-electron chi connectivity index (χ4n) is 2.22. The standard InChI is InChI=1S/C13H13NO4/c15-12(11-2-1-5-17-11)14-9-3-4-10-8(6-9)7-18-13(10)16/h3-4,6,11H,1-2,5,7H2,(H,14,15)/t11-/m0/s1. The monoisotopic (exact) mass is 247 g/mol. The van der Waals surface area contributed by atoms with Crippen LogP contribution in [0.15, 0.2) is 18.2 Å². The zero-order valence-electron chi connectivity index (χ0n) is 9.77. The molecule has 1 amide bonds. The summed E-state index contributed by atoms with van der Waals surface area (Å²) in [7, 11) is 0. The minimum atomic E-state index is -0.351. The van der Waals surface area contributed by atoms with E-state index in [2.05, 4.69) is 5.32 Å². The van der Waals surface area contributed by atoms with Crippen molar-refractivity contribution in [2.75, 3.05) is 11.9 Å². The topological polar surface area (TPSA) is 64.6 Å². The van der Waals surface area contributed by atoms with Crippen molar-refractivity contribution in [3.63, 3.8) is 0 Å². The lowest BCUT2D eigenvalue weighted by Gasteiger charge is -2.10. The van der Waals surface area contributed by atoms with E-state index in [4.69, 9.17) is 9.47 Å². The van der Waals surface area contributed by atoms with Crippen molar-refractivity contribution in [1.29, 1.82) is 0 Å². The highest BCUT2D eigenvalue weighted by Gasteiger charge is 2.25. The molecular formula is C13H13NO4. The number of carbonyl (C=O) groups is 2. The Labute approximate surface area is 104 Å². The number of hydrogen-bond acceptors (Lipinski definition) is 4. The molecule has 0 aromatic heterocycles. The first-order valence-electron chi connectivity index (χ1n) is 5.96. The average Bonchev–Trinajstić information content (AvgIpc) is 2.99. The van der Waals surface area contributed by atoms with Crippen LogP contribution in [0.3, 0.4) is 0 Å². The highest BCUT2D eigenvalue weighted by molar-refractivity contribution is 5.97. The molecule has 0 unspecified atom stereocenters. The van der Waals surface area contributed by atoms with Crippen LogP contribution in [-0.4, -0.2) is 24.6 Å². The molecule has 1 aromatic carbocycles. The quantitative estimate of drug-likeness (QED) is 0.804. The van der Waals surface area contributed by atoms with E-state index >= 15 is 0 Å². The molecule has 1 aromatic rings. The molecule has 0 aliphatic carbocycles. The number of fused-ring (bicyclic) bond motifs is 1. The van der Waals surface area contributed by atoms with Crippen molar-refractivity contribution in [3.05, 3.63) is 29.3 Å². The summed E-state index contributed by atoms with van der Waals surface area (Å²) in [4.78, 5) is 23.1. The van der Waals surface area contributed by atoms with E-state index in [0.717, 1.165) is 18.4 Å². The van der Waals surface area contributed by atoms with Crippen LogP contribution in [0.2, 0.25) is 0 Å². The van der Waals surface area contributed by atoms with E-state index in [1.54, 1.807) is 18.2 Å². The van der Waals surface area contributed by atoms with Crippen LogP contribution in [0.4, 0.5) is 5.69 Å². The predicted molar refractivity (Wildman–Crippen MR) is 63.2 cm³/mol.